The van der Waals surface area contributed by atoms with Crippen molar-refractivity contribution in [1.82, 2.24) is 9.78 Å². The largest absolute Gasteiger partial charge is 0.295 e. The van der Waals surface area contributed by atoms with Crippen molar-refractivity contribution in [1.29, 1.82) is 0 Å². The standard InChI is InChI=1S/C18H14Cl2FN3O/c1-10(22-16-8-3-12(19)9-15(16)20)17-11(2)23-24(18(17)25)14-6-4-13(21)5-7-14/h3-9,23H,1-2H3. The highest BCUT2D eigenvalue weighted by atomic mass is 35.5. The average molecular weight is 378 g/mol. The zero-order valence-corrected chi connectivity index (χ0v) is 15.0. The van der Waals surface area contributed by atoms with E-state index >= 15 is 0 Å². The first-order valence-electron chi connectivity index (χ1n) is 7.45. The summed E-state index contributed by atoms with van der Waals surface area (Å²) in [6, 6.07) is 10.6. The third-order valence-corrected chi connectivity index (χ3v) is 4.25. The maximum absolute atomic E-state index is 13.1. The third-order valence-electron chi connectivity index (χ3n) is 3.72. The van der Waals surface area contributed by atoms with Crippen molar-refractivity contribution in [3.8, 4) is 5.69 Å². The number of nitrogens with zero attached hydrogens (tertiary/aromatic N) is 2. The molecular formula is C18H14Cl2FN3O. The van der Waals surface area contributed by atoms with Crippen molar-refractivity contribution >= 4 is 34.6 Å². The molecule has 0 aliphatic rings. The normalized spacial score (nSPS) is 11.8. The zero-order chi connectivity index (χ0) is 18.1. The molecule has 0 fully saturated rings. The van der Waals surface area contributed by atoms with E-state index in [2.05, 4.69) is 10.1 Å². The molecule has 0 saturated heterocycles. The Kier molecular flexibility index (Phi) is 4.79. The molecule has 128 valence electrons. The number of hydrogen-bond donors (Lipinski definition) is 1. The smallest absolute Gasteiger partial charge is 0.280 e. The van der Waals surface area contributed by atoms with Gasteiger partial charge in [0.2, 0.25) is 0 Å². The van der Waals surface area contributed by atoms with Crippen LogP contribution < -0.4 is 5.56 Å². The summed E-state index contributed by atoms with van der Waals surface area (Å²) in [5.41, 5.74) is 2.41. The number of rotatable bonds is 3. The minimum atomic E-state index is -0.365. The Morgan fingerprint density at radius 2 is 1.84 bits per heavy atom. The van der Waals surface area contributed by atoms with Gasteiger partial charge in [-0.3, -0.25) is 14.9 Å². The molecule has 0 bridgehead atoms. The van der Waals surface area contributed by atoms with Gasteiger partial charge in [0.15, 0.2) is 0 Å². The first kappa shape index (κ1) is 17.5. The van der Waals surface area contributed by atoms with Gasteiger partial charge in [0.05, 0.1) is 27.7 Å². The summed E-state index contributed by atoms with van der Waals surface area (Å²) in [6.07, 6.45) is 0. The van der Waals surface area contributed by atoms with Crippen molar-refractivity contribution in [3.05, 3.63) is 79.9 Å². The second-order valence-electron chi connectivity index (χ2n) is 5.52. The lowest BCUT2D eigenvalue weighted by Gasteiger charge is -2.02. The molecule has 0 saturated carbocycles. The van der Waals surface area contributed by atoms with Gasteiger partial charge < -0.3 is 0 Å². The Labute approximate surface area is 153 Å². The van der Waals surface area contributed by atoms with E-state index in [1.165, 1.54) is 28.9 Å². The number of aryl methyl sites for hydroxylation is 1. The van der Waals surface area contributed by atoms with Crippen LogP contribution in [-0.2, 0) is 0 Å². The molecule has 1 N–H and O–H groups in total. The molecule has 0 spiro atoms. The number of halogens is 3. The predicted molar refractivity (Wildman–Crippen MR) is 99.4 cm³/mol. The van der Waals surface area contributed by atoms with Crippen LogP contribution >= 0.6 is 23.2 Å². The lowest BCUT2D eigenvalue weighted by molar-refractivity contribution is 0.627. The maximum atomic E-state index is 13.1. The fourth-order valence-corrected chi connectivity index (χ4v) is 3.00. The quantitative estimate of drug-likeness (QED) is 0.637. The van der Waals surface area contributed by atoms with Crippen LogP contribution in [0, 0.1) is 12.7 Å². The van der Waals surface area contributed by atoms with Crippen LogP contribution in [-0.4, -0.2) is 15.5 Å². The number of aromatic nitrogens is 2. The molecule has 0 amide bonds. The molecule has 0 unspecified atom stereocenters. The Hall–Kier alpha value is -2.37. The van der Waals surface area contributed by atoms with Gasteiger partial charge in [-0.2, -0.15) is 0 Å². The highest BCUT2D eigenvalue weighted by Crippen LogP contribution is 2.28. The summed E-state index contributed by atoms with van der Waals surface area (Å²) in [6.45, 7) is 3.51. The van der Waals surface area contributed by atoms with Crippen LogP contribution in [0.2, 0.25) is 10.0 Å². The van der Waals surface area contributed by atoms with Crippen molar-refractivity contribution in [2.24, 2.45) is 4.99 Å². The molecule has 2 aromatic carbocycles. The fourth-order valence-electron chi connectivity index (χ4n) is 2.55. The minimum Gasteiger partial charge on any atom is -0.295 e. The van der Waals surface area contributed by atoms with Crippen LogP contribution in [0.3, 0.4) is 0 Å². The molecule has 1 aromatic heterocycles. The Morgan fingerprint density at radius 3 is 2.48 bits per heavy atom. The highest BCUT2D eigenvalue weighted by molar-refractivity contribution is 6.36. The topological polar surface area (TPSA) is 50.1 Å². The predicted octanol–water partition coefficient (Wildman–Crippen LogP) is 5.06. The lowest BCUT2D eigenvalue weighted by atomic mass is 10.1. The van der Waals surface area contributed by atoms with Crippen LogP contribution in [0.4, 0.5) is 10.1 Å². The zero-order valence-electron chi connectivity index (χ0n) is 13.5. The molecule has 7 heteroatoms. The van der Waals surface area contributed by atoms with E-state index in [0.29, 0.717) is 38.4 Å². The van der Waals surface area contributed by atoms with E-state index in [1.54, 1.807) is 32.0 Å². The van der Waals surface area contributed by atoms with Gasteiger partial charge in [0, 0.05) is 10.7 Å². The molecule has 0 radical (unpaired) electrons. The van der Waals surface area contributed by atoms with Crippen LogP contribution in [0.5, 0.6) is 0 Å². The van der Waals surface area contributed by atoms with Crippen LogP contribution in [0.1, 0.15) is 18.2 Å². The molecular weight excluding hydrogens is 364 g/mol. The summed E-state index contributed by atoms with van der Waals surface area (Å²) in [4.78, 5) is 17.2. The van der Waals surface area contributed by atoms with Gasteiger partial charge in [-0.25, -0.2) is 9.07 Å². The number of benzene rings is 2. The van der Waals surface area contributed by atoms with E-state index in [4.69, 9.17) is 23.2 Å². The van der Waals surface area contributed by atoms with E-state index < -0.39 is 0 Å². The van der Waals surface area contributed by atoms with E-state index in [1.807, 2.05) is 0 Å². The Balaban J connectivity index is 2.07. The number of H-pyrrole nitrogens is 1. The second kappa shape index (κ2) is 6.86. The molecule has 3 rings (SSSR count). The Bertz CT molecular complexity index is 1020. The SMILES string of the molecule is CC(=Nc1ccc(Cl)cc1Cl)c1c(C)[nH]n(-c2ccc(F)cc2)c1=O. The maximum Gasteiger partial charge on any atom is 0.280 e. The molecule has 25 heavy (non-hydrogen) atoms. The van der Waals surface area contributed by atoms with Gasteiger partial charge in [-0.15, -0.1) is 0 Å². The van der Waals surface area contributed by atoms with Crippen LogP contribution in [0.15, 0.2) is 52.3 Å². The van der Waals surface area contributed by atoms with Crippen molar-refractivity contribution in [3.63, 3.8) is 0 Å². The molecule has 3 aromatic rings. The summed E-state index contributed by atoms with van der Waals surface area (Å²) >= 11 is 12.0. The summed E-state index contributed by atoms with van der Waals surface area (Å²) < 4.78 is 14.4. The highest BCUT2D eigenvalue weighted by Gasteiger charge is 2.15. The fraction of sp³-hybridized carbons (Fsp3) is 0.111. The van der Waals surface area contributed by atoms with Crippen LogP contribution in [0.25, 0.3) is 5.69 Å². The van der Waals surface area contributed by atoms with Gasteiger partial charge >= 0.3 is 0 Å². The van der Waals surface area contributed by atoms with Crippen molar-refractivity contribution < 1.29 is 4.39 Å². The first-order valence-corrected chi connectivity index (χ1v) is 8.20. The van der Waals surface area contributed by atoms with E-state index in [0.717, 1.165) is 0 Å². The average Bonchev–Trinajstić information content (AvgIpc) is 2.85. The molecule has 0 atom stereocenters. The minimum absolute atomic E-state index is 0.268. The molecule has 0 aliphatic carbocycles. The van der Waals surface area contributed by atoms with Gasteiger partial charge in [-0.05, 0) is 56.3 Å². The van der Waals surface area contributed by atoms with Crippen molar-refractivity contribution in [2.45, 2.75) is 13.8 Å². The summed E-state index contributed by atoms with van der Waals surface area (Å²) in [7, 11) is 0. The molecule has 0 aliphatic heterocycles. The number of aliphatic imine (C=N–C) groups is 1. The number of aromatic amines is 1. The van der Waals surface area contributed by atoms with E-state index in [9.17, 15) is 9.18 Å². The molecule has 4 nitrogen and oxygen atoms in total. The van der Waals surface area contributed by atoms with Crippen molar-refractivity contribution in [2.75, 3.05) is 0 Å². The molecule has 1 heterocycles. The van der Waals surface area contributed by atoms with Gasteiger partial charge in [0.25, 0.3) is 5.56 Å². The van der Waals surface area contributed by atoms with Gasteiger partial charge in [0.1, 0.15) is 5.82 Å². The lowest BCUT2D eigenvalue weighted by Crippen LogP contribution is -2.19. The summed E-state index contributed by atoms with van der Waals surface area (Å²) in [5.74, 6) is -0.365. The third kappa shape index (κ3) is 3.52. The van der Waals surface area contributed by atoms with E-state index in [-0.39, 0.29) is 11.4 Å². The second-order valence-corrected chi connectivity index (χ2v) is 6.37. The Morgan fingerprint density at radius 1 is 1.16 bits per heavy atom. The van der Waals surface area contributed by atoms with Gasteiger partial charge in [-0.1, -0.05) is 23.2 Å². The monoisotopic (exact) mass is 377 g/mol. The first-order chi connectivity index (χ1) is 11.9. The number of hydrogen-bond acceptors (Lipinski definition) is 2. The number of nitrogens with one attached hydrogen (secondary N) is 1. The summed E-state index contributed by atoms with van der Waals surface area (Å²) in [5, 5.41) is 3.90.